The molecule has 28 heavy (non-hydrogen) atoms. The van der Waals surface area contributed by atoms with Gasteiger partial charge in [-0.3, -0.25) is 9.59 Å². The molecule has 0 fully saturated rings. The Bertz CT molecular complexity index is 1300. The monoisotopic (exact) mass is 376 g/mol. The Kier molecular flexibility index (Phi) is 4.35. The van der Waals surface area contributed by atoms with Gasteiger partial charge in [0.15, 0.2) is 0 Å². The predicted molar refractivity (Wildman–Crippen MR) is 110 cm³/mol. The lowest BCUT2D eigenvalue weighted by Gasteiger charge is -2.16. The van der Waals surface area contributed by atoms with E-state index in [-0.39, 0.29) is 11.1 Å². The summed E-state index contributed by atoms with van der Waals surface area (Å²) in [6.07, 6.45) is 3.39. The van der Waals surface area contributed by atoms with E-state index in [1.54, 1.807) is 61.4 Å². The molecule has 0 atom stereocenters. The lowest BCUT2D eigenvalue weighted by molar-refractivity contribution is 0.408. The maximum Gasteiger partial charge on any atom is 0.278 e. The van der Waals surface area contributed by atoms with Crippen LogP contribution in [0.5, 0.6) is 5.75 Å². The zero-order chi connectivity index (χ0) is 19.8. The Labute approximate surface area is 161 Å². The molecule has 3 aromatic heterocycles. The van der Waals surface area contributed by atoms with Crippen LogP contribution in [-0.2, 0) is 6.54 Å². The van der Waals surface area contributed by atoms with Gasteiger partial charge in [-0.15, -0.1) is 0 Å². The molecular weight excluding hydrogens is 356 g/mol. The smallest absolute Gasteiger partial charge is 0.278 e. The maximum absolute atomic E-state index is 13.1. The van der Waals surface area contributed by atoms with Gasteiger partial charge in [-0.05, 0) is 24.3 Å². The Hall–Kier alpha value is -3.61. The zero-order valence-corrected chi connectivity index (χ0v) is 15.9. The summed E-state index contributed by atoms with van der Waals surface area (Å²) in [5, 5.41) is 2.51. The SMILES string of the molecule is COc1ccccc1Cn1ccc2nc3ccn(N(C)C)c(=O)c3cc2c1=O. The van der Waals surface area contributed by atoms with Crippen molar-refractivity contribution < 1.29 is 4.74 Å². The number of aromatic nitrogens is 3. The minimum Gasteiger partial charge on any atom is -0.496 e. The molecule has 4 rings (SSSR count). The average Bonchev–Trinajstić information content (AvgIpc) is 2.69. The molecule has 0 radical (unpaired) electrons. The summed E-state index contributed by atoms with van der Waals surface area (Å²) in [6, 6.07) is 12.8. The third kappa shape index (κ3) is 2.90. The summed E-state index contributed by atoms with van der Waals surface area (Å²) in [4.78, 5) is 30.3. The molecule has 0 N–H and O–H groups in total. The van der Waals surface area contributed by atoms with Crippen molar-refractivity contribution in [2.75, 3.05) is 26.2 Å². The maximum atomic E-state index is 13.1. The van der Waals surface area contributed by atoms with Gasteiger partial charge in [0, 0.05) is 32.1 Å². The predicted octanol–water partition coefficient (Wildman–Crippen LogP) is 1.97. The molecule has 0 unspecified atom stereocenters. The number of pyridine rings is 3. The van der Waals surface area contributed by atoms with Crippen LogP contribution >= 0.6 is 0 Å². The number of benzene rings is 1. The topological polar surface area (TPSA) is 69.4 Å². The summed E-state index contributed by atoms with van der Waals surface area (Å²) >= 11 is 0. The highest BCUT2D eigenvalue weighted by Crippen LogP contribution is 2.19. The molecule has 0 saturated heterocycles. The van der Waals surface area contributed by atoms with Crippen molar-refractivity contribution >= 4 is 21.8 Å². The van der Waals surface area contributed by atoms with Crippen LogP contribution in [0.1, 0.15) is 5.56 Å². The van der Waals surface area contributed by atoms with E-state index in [9.17, 15) is 9.59 Å². The molecule has 0 aliphatic heterocycles. The number of hydrogen-bond donors (Lipinski definition) is 0. The molecule has 0 aliphatic carbocycles. The van der Waals surface area contributed by atoms with Gasteiger partial charge in [-0.1, -0.05) is 18.2 Å². The molecule has 3 heterocycles. The number of methoxy groups -OCH3 is 1. The van der Waals surface area contributed by atoms with Gasteiger partial charge in [0.25, 0.3) is 11.1 Å². The van der Waals surface area contributed by atoms with E-state index in [1.807, 2.05) is 24.3 Å². The van der Waals surface area contributed by atoms with E-state index < -0.39 is 0 Å². The molecule has 0 aliphatic rings. The summed E-state index contributed by atoms with van der Waals surface area (Å²) in [6.45, 7) is 0.369. The van der Waals surface area contributed by atoms with E-state index >= 15 is 0 Å². The second-order valence-corrected chi connectivity index (χ2v) is 6.73. The molecule has 0 amide bonds. The van der Waals surface area contributed by atoms with Crippen molar-refractivity contribution in [1.29, 1.82) is 0 Å². The molecule has 142 valence electrons. The summed E-state index contributed by atoms with van der Waals surface area (Å²) < 4.78 is 8.45. The molecule has 7 nitrogen and oxygen atoms in total. The molecule has 4 aromatic rings. The highest BCUT2D eigenvalue weighted by atomic mass is 16.5. The van der Waals surface area contributed by atoms with Crippen molar-refractivity contribution in [2.45, 2.75) is 6.54 Å². The number of para-hydroxylation sites is 1. The first-order valence-electron chi connectivity index (χ1n) is 8.84. The third-order valence-electron chi connectivity index (χ3n) is 4.76. The first kappa shape index (κ1) is 17.8. The average molecular weight is 376 g/mol. The van der Waals surface area contributed by atoms with E-state index in [4.69, 9.17) is 4.74 Å². The number of rotatable bonds is 4. The minimum atomic E-state index is -0.212. The third-order valence-corrected chi connectivity index (χ3v) is 4.76. The second-order valence-electron chi connectivity index (χ2n) is 6.73. The summed E-state index contributed by atoms with van der Waals surface area (Å²) in [7, 11) is 5.16. The van der Waals surface area contributed by atoms with Crippen LogP contribution in [0, 0.1) is 0 Å². The van der Waals surface area contributed by atoms with Crippen LogP contribution in [0.25, 0.3) is 21.8 Å². The van der Waals surface area contributed by atoms with Crippen molar-refractivity contribution in [3.63, 3.8) is 0 Å². The number of hydrogen-bond acceptors (Lipinski definition) is 5. The quantitative estimate of drug-likeness (QED) is 0.510. The lowest BCUT2D eigenvalue weighted by atomic mass is 10.1. The van der Waals surface area contributed by atoms with E-state index in [1.165, 1.54) is 4.68 Å². The van der Waals surface area contributed by atoms with Crippen molar-refractivity contribution in [3.8, 4) is 5.75 Å². The van der Waals surface area contributed by atoms with E-state index in [0.717, 1.165) is 11.3 Å². The molecule has 0 saturated carbocycles. The first-order valence-corrected chi connectivity index (χ1v) is 8.84. The van der Waals surface area contributed by atoms with Crippen LogP contribution < -0.4 is 20.9 Å². The van der Waals surface area contributed by atoms with Crippen LogP contribution in [0.4, 0.5) is 0 Å². The van der Waals surface area contributed by atoms with Gasteiger partial charge < -0.3 is 14.3 Å². The molecule has 0 spiro atoms. The van der Waals surface area contributed by atoms with E-state index in [2.05, 4.69) is 4.98 Å². The van der Waals surface area contributed by atoms with Crippen LogP contribution in [-0.4, -0.2) is 35.4 Å². The fourth-order valence-electron chi connectivity index (χ4n) is 3.31. The van der Waals surface area contributed by atoms with Gasteiger partial charge in [-0.25, -0.2) is 9.66 Å². The Morgan fingerprint density at radius 2 is 1.64 bits per heavy atom. The minimum absolute atomic E-state index is 0.197. The van der Waals surface area contributed by atoms with Gasteiger partial charge >= 0.3 is 0 Å². The van der Waals surface area contributed by atoms with Crippen LogP contribution in [0.2, 0.25) is 0 Å². The second kappa shape index (κ2) is 6.84. The molecule has 1 aromatic carbocycles. The molecule has 0 bridgehead atoms. The first-order chi connectivity index (χ1) is 13.5. The number of ether oxygens (including phenoxy) is 1. The van der Waals surface area contributed by atoms with Crippen molar-refractivity contribution in [3.05, 3.63) is 81.1 Å². The standard InChI is InChI=1S/C21H20N4O3/c1-23(2)25-11-9-18-16(21(25)27)12-15-17(22-18)8-10-24(20(15)26)13-14-6-4-5-7-19(14)28-3/h4-12H,13H2,1-3H3. The van der Waals surface area contributed by atoms with E-state index in [0.29, 0.717) is 28.4 Å². The van der Waals surface area contributed by atoms with Gasteiger partial charge in [-0.2, -0.15) is 0 Å². The highest BCUT2D eigenvalue weighted by Gasteiger charge is 2.11. The summed E-state index contributed by atoms with van der Waals surface area (Å²) in [5.74, 6) is 0.722. The van der Waals surface area contributed by atoms with Crippen LogP contribution in [0.15, 0.2) is 64.4 Å². The fourth-order valence-corrected chi connectivity index (χ4v) is 3.31. The Morgan fingerprint density at radius 3 is 2.36 bits per heavy atom. The highest BCUT2D eigenvalue weighted by molar-refractivity contribution is 5.91. The largest absolute Gasteiger partial charge is 0.496 e. The Morgan fingerprint density at radius 1 is 0.964 bits per heavy atom. The lowest BCUT2D eigenvalue weighted by Crippen LogP contribution is -2.35. The Balaban J connectivity index is 1.90. The van der Waals surface area contributed by atoms with Gasteiger partial charge in [0.05, 0.1) is 35.5 Å². The fraction of sp³-hybridized carbons (Fsp3) is 0.190. The number of nitrogens with zero attached hydrogens (tertiary/aromatic N) is 4. The van der Waals surface area contributed by atoms with Gasteiger partial charge in [0.2, 0.25) is 0 Å². The van der Waals surface area contributed by atoms with Crippen molar-refractivity contribution in [1.82, 2.24) is 14.2 Å². The number of fused-ring (bicyclic) bond motifs is 2. The van der Waals surface area contributed by atoms with Gasteiger partial charge in [0.1, 0.15) is 5.75 Å². The summed E-state index contributed by atoms with van der Waals surface area (Å²) in [5.41, 5.74) is 1.62. The molecule has 7 heteroatoms. The zero-order valence-electron chi connectivity index (χ0n) is 15.9. The normalized spacial score (nSPS) is 11.1. The van der Waals surface area contributed by atoms with Crippen molar-refractivity contribution in [2.24, 2.45) is 0 Å². The van der Waals surface area contributed by atoms with Crippen LogP contribution in [0.3, 0.4) is 0 Å². The molecular formula is C21H20N4O3.